The molecule has 3 aliphatic heterocycles. The normalized spacial score (nSPS) is 26.0. The standard InChI is InChI=1S/C15H17F3N2O/c1-19-6-9-2-3-10(19)8-20(7-9)15(21)11-4-13(17)14(18)5-12(11)16/h4-5,9-10H,2-3,6-8H2,1H3/t9-,10-/m1/s1. The second kappa shape index (κ2) is 5.33. The van der Waals surface area contributed by atoms with Crippen molar-refractivity contribution >= 4 is 5.91 Å². The maximum atomic E-state index is 13.8. The van der Waals surface area contributed by atoms with Gasteiger partial charge < -0.3 is 9.80 Å². The third-order valence-electron chi connectivity index (χ3n) is 4.51. The van der Waals surface area contributed by atoms with Crippen molar-refractivity contribution < 1.29 is 18.0 Å². The summed E-state index contributed by atoms with van der Waals surface area (Å²) in [5.74, 6) is -3.69. The molecule has 21 heavy (non-hydrogen) atoms. The first-order valence-electron chi connectivity index (χ1n) is 7.09. The summed E-state index contributed by atoms with van der Waals surface area (Å²) in [5.41, 5.74) is -0.391. The molecule has 0 radical (unpaired) electrons. The number of carbonyl (C=O) groups excluding carboxylic acids is 1. The summed E-state index contributed by atoms with van der Waals surface area (Å²) in [5, 5.41) is 0. The second-order valence-electron chi connectivity index (χ2n) is 5.99. The largest absolute Gasteiger partial charge is 0.337 e. The number of amides is 1. The van der Waals surface area contributed by atoms with Crippen LogP contribution in [0.2, 0.25) is 0 Å². The first-order valence-corrected chi connectivity index (χ1v) is 7.09. The Morgan fingerprint density at radius 3 is 2.48 bits per heavy atom. The van der Waals surface area contributed by atoms with Crippen molar-refractivity contribution in [2.75, 3.05) is 26.7 Å². The molecule has 3 nitrogen and oxygen atoms in total. The molecule has 3 heterocycles. The third-order valence-corrected chi connectivity index (χ3v) is 4.51. The van der Waals surface area contributed by atoms with Crippen LogP contribution in [0.4, 0.5) is 13.2 Å². The van der Waals surface area contributed by atoms with Gasteiger partial charge in [0.1, 0.15) is 5.82 Å². The molecule has 0 aromatic heterocycles. The first kappa shape index (κ1) is 14.4. The SMILES string of the molecule is CN1C[C@H]2CC[C@@H]1CN(C(=O)c1cc(F)c(F)cc1F)C2. The zero-order chi connectivity index (χ0) is 15.1. The smallest absolute Gasteiger partial charge is 0.257 e. The van der Waals surface area contributed by atoms with Crippen LogP contribution in [-0.4, -0.2) is 48.4 Å². The summed E-state index contributed by atoms with van der Waals surface area (Å²) < 4.78 is 40.0. The number of halogens is 3. The molecule has 4 rings (SSSR count). The van der Waals surface area contributed by atoms with Gasteiger partial charge in [-0.25, -0.2) is 13.2 Å². The lowest BCUT2D eigenvalue weighted by Gasteiger charge is -2.32. The van der Waals surface area contributed by atoms with Gasteiger partial charge in [-0.15, -0.1) is 0 Å². The van der Waals surface area contributed by atoms with E-state index in [0.717, 1.165) is 19.4 Å². The lowest BCUT2D eigenvalue weighted by Crippen LogP contribution is -2.42. The number of nitrogens with zero attached hydrogens (tertiary/aromatic N) is 2. The number of likely N-dealkylation sites (N-methyl/N-ethyl adjacent to an activating group) is 1. The zero-order valence-electron chi connectivity index (χ0n) is 11.8. The Hall–Kier alpha value is -1.56. The minimum atomic E-state index is -1.28. The molecule has 0 unspecified atom stereocenters. The number of carbonyl (C=O) groups is 1. The fourth-order valence-corrected chi connectivity index (χ4v) is 3.34. The summed E-state index contributed by atoms with van der Waals surface area (Å²) in [4.78, 5) is 16.2. The van der Waals surface area contributed by atoms with E-state index in [9.17, 15) is 18.0 Å². The number of hydrogen-bond donors (Lipinski definition) is 0. The highest BCUT2D eigenvalue weighted by molar-refractivity contribution is 5.94. The number of hydrogen-bond acceptors (Lipinski definition) is 2. The summed E-state index contributed by atoms with van der Waals surface area (Å²) in [7, 11) is 2.02. The summed E-state index contributed by atoms with van der Waals surface area (Å²) >= 11 is 0. The molecule has 3 fully saturated rings. The Balaban J connectivity index is 1.87. The first-order chi connectivity index (χ1) is 9.95. The van der Waals surface area contributed by atoms with Gasteiger partial charge in [0.2, 0.25) is 0 Å². The molecule has 114 valence electrons. The van der Waals surface area contributed by atoms with Crippen molar-refractivity contribution in [1.82, 2.24) is 9.80 Å². The van der Waals surface area contributed by atoms with Gasteiger partial charge in [0.15, 0.2) is 11.6 Å². The minimum Gasteiger partial charge on any atom is -0.337 e. The predicted octanol–water partition coefficient (Wildman–Crippen LogP) is 2.27. The molecule has 0 N–H and O–H groups in total. The van der Waals surface area contributed by atoms with Gasteiger partial charge >= 0.3 is 0 Å². The highest BCUT2D eigenvalue weighted by atomic mass is 19.2. The van der Waals surface area contributed by atoms with Gasteiger partial charge in [-0.2, -0.15) is 0 Å². The van der Waals surface area contributed by atoms with Gasteiger partial charge in [-0.05, 0) is 31.9 Å². The third kappa shape index (κ3) is 2.64. The minimum absolute atomic E-state index is 0.251. The van der Waals surface area contributed by atoms with Crippen LogP contribution < -0.4 is 0 Å². The van der Waals surface area contributed by atoms with Gasteiger partial charge in [0, 0.05) is 31.7 Å². The van der Waals surface area contributed by atoms with Crippen LogP contribution in [0.1, 0.15) is 23.2 Å². The van der Waals surface area contributed by atoms with Gasteiger partial charge in [0.05, 0.1) is 5.56 Å². The molecule has 6 heteroatoms. The van der Waals surface area contributed by atoms with Gasteiger partial charge in [-0.3, -0.25) is 4.79 Å². The van der Waals surface area contributed by atoms with E-state index in [0.29, 0.717) is 31.1 Å². The van der Waals surface area contributed by atoms with E-state index in [1.807, 2.05) is 7.05 Å². The Labute approximate surface area is 121 Å². The van der Waals surface area contributed by atoms with Crippen molar-refractivity contribution in [3.05, 3.63) is 35.1 Å². The molecule has 2 bridgehead atoms. The molecule has 0 spiro atoms. The van der Waals surface area contributed by atoms with Crippen molar-refractivity contribution in [2.45, 2.75) is 18.9 Å². The molecule has 3 aliphatic rings. The fraction of sp³-hybridized carbons (Fsp3) is 0.533. The molecular weight excluding hydrogens is 281 g/mol. The summed E-state index contributed by atoms with van der Waals surface area (Å²) in [6, 6.07) is 1.34. The monoisotopic (exact) mass is 298 g/mol. The summed E-state index contributed by atoms with van der Waals surface area (Å²) in [6.07, 6.45) is 2.05. The van der Waals surface area contributed by atoms with Crippen molar-refractivity contribution in [3.8, 4) is 0 Å². The molecule has 0 aliphatic carbocycles. The molecule has 0 saturated carbocycles. The highest BCUT2D eigenvalue weighted by Gasteiger charge is 2.35. The lowest BCUT2D eigenvalue weighted by molar-refractivity contribution is 0.0737. The zero-order valence-corrected chi connectivity index (χ0v) is 11.8. The quantitative estimate of drug-likeness (QED) is 0.743. The molecule has 1 aromatic carbocycles. The molecule has 1 amide bonds. The van der Waals surface area contributed by atoms with E-state index >= 15 is 0 Å². The van der Waals surface area contributed by atoms with Crippen molar-refractivity contribution in [3.63, 3.8) is 0 Å². The van der Waals surface area contributed by atoms with E-state index in [1.54, 1.807) is 4.90 Å². The number of piperidine rings is 1. The van der Waals surface area contributed by atoms with Gasteiger partial charge in [0.25, 0.3) is 5.91 Å². The van der Waals surface area contributed by atoms with E-state index in [4.69, 9.17) is 0 Å². The average Bonchev–Trinajstić information content (AvgIpc) is 2.73. The number of benzene rings is 1. The topological polar surface area (TPSA) is 23.6 Å². The Morgan fingerprint density at radius 1 is 1.05 bits per heavy atom. The van der Waals surface area contributed by atoms with Crippen LogP contribution in [0.5, 0.6) is 0 Å². The van der Waals surface area contributed by atoms with Crippen LogP contribution in [0.15, 0.2) is 12.1 Å². The molecule has 1 aromatic rings. The second-order valence-corrected chi connectivity index (χ2v) is 5.99. The molecule has 3 saturated heterocycles. The van der Waals surface area contributed by atoms with Crippen LogP contribution >= 0.6 is 0 Å². The predicted molar refractivity (Wildman–Crippen MR) is 71.4 cm³/mol. The maximum Gasteiger partial charge on any atom is 0.257 e. The van der Waals surface area contributed by atoms with Crippen LogP contribution in [0, 0.1) is 23.4 Å². The van der Waals surface area contributed by atoms with Crippen LogP contribution in [-0.2, 0) is 0 Å². The van der Waals surface area contributed by atoms with Crippen LogP contribution in [0.3, 0.4) is 0 Å². The molecule has 2 atom stereocenters. The Bertz CT molecular complexity index is 578. The number of fused-ring (bicyclic) bond motifs is 4. The van der Waals surface area contributed by atoms with Crippen molar-refractivity contribution in [1.29, 1.82) is 0 Å². The Kier molecular flexibility index (Phi) is 3.65. The summed E-state index contributed by atoms with van der Waals surface area (Å²) in [6.45, 7) is 1.96. The fourth-order valence-electron chi connectivity index (χ4n) is 3.34. The van der Waals surface area contributed by atoms with E-state index in [1.165, 1.54) is 0 Å². The maximum absolute atomic E-state index is 13.8. The van der Waals surface area contributed by atoms with E-state index in [2.05, 4.69) is 4.90 Å². The average molecular weight is 298 g/mol. The molecular formula is C15H17F3N2O. The lowest BCUT2D eigenvalue weighted by atomic mass is 9.96. The van der Waals surface area contributed by atoms with Gasteiger partial charge in [-0.1, -0.05) is 0 Å². The van der Waals surface area contributed by atoms with Crippen molar-refractivity contribution in [2.24, 2.45) is 5.92 Å². The highest BCUT2D eigenvalue weighted by Crippen LogP contribution is 2.28. The van der Waals surface area contributed by atoms with E-state index in [-0.39, 0.29) is 6.04 Å². The van der Waals surface area contributed by atoms with E-state index < -0.39 is 28.9 Å². The number of rotatable bonds is 1. The van der Waals surface area contributed by atoms with Crippen LogP contribution in [0.25, 0.3) is 0 Å². The Morgan fingerprint density at radius 2 is 1.76 bits per heavy atom.